The Kier molecular flexibility index (Phi) is 4.51. The molecule has 0 radical (unpaired) electrons. The first-order chi connectivity index (χ1) is 8.19. The molecule has 0 spiro atoms. The van der Waals surface area contributed by atoms with E-state index in [4.69, 9.17) is 5.84 Å². The van der Waals surface area contributed by atoms with E-state index in [2.05, 4.69) is 36.6 Å². The summed E-state index contributed by atoms with van der Waals surface area (Å²) in [5.41, 5.74) is 2.41. The molecule has 102 valence electrons. The molecule has 0 amide bonds. The second-order valence-electron chi connectivity index (χ2n) is 4.41. The zero-order valence-electron chi connectivity index (χ0n) is 10.4. The number of hydrazine groups is 1. The van der Waals surface area contributed by atoms with Crippen LogP contribution in [0.5, 0.6) is 0 Å². The van der Waals surface area contributed by atoms with Gasteiger partial charge in [-0.3, -0.25) is 0 Å². The van der Waals surface area contributed by atoms with Crippen LogP contribution >= 0.6 is 15.9 Å². The van der Waals surface area contributed by atoms with Gasteiger partial charge in [-0.05, 0) is 29.8 Å². The standard InChI is InChI=1S/C9H16BrN5O2S/c1-9(2,18(3,16)17)4-12-7-6(10)8(15-11)14-5-13-7/h5H,4,11H2,1-3H3,(H2,12,13,14,15). The summed E-state index contributed by atoms with van der Waals surface area (Å²) in [5.74, 6) is 6.18. The van der Waals surface area contributed by atoms with Crippen molar-refractivity contribution in [3.8, 4) is 0 Å². The molecule has 0 unspecified atom stereocenters. The number of halogens is 1. The molecular weight excluding hydrogens is 322 g/mol. The predicted octanol–water partition coefficient (Wildman–Crippen LogP) is 0.760. The van der Waals surface area contributed by atoms with Crippen LogP contribution in [0.1, 0.15) is 13.8 Å². The van der Waals surface area contributed by atoms with E-state index in [1.165, 1.54) is 12.6 Å². The number of hydrogen-bond donors (Lipinski definition) is 3. The van der Waals surface area contributed by atoms with E-state index in [1.807, 2.05) is 0 Å². The van der Waals surface area contributed by atoms with Crippen LogP contribution in [0.25, 0.3) is 0 Å². The van der Waals surface area contributed by atoms with Gasteiger partial charge in [0, 0.05) is 12.8 Å². The van der Waals surface area contributed by atoms with Crippen molar-refractivity contribution < 1.29 is 8.42 Å². The summed E-state index contributed by atoms with van der Waals surface area (Å²) >= 11 is 3.28. The summed E-state index contributed by atoms with van der Waals surface area (Å²) in [6.07, 6.45) is 2.53. The number of rotatable bonds is 5. The smallest absolute Gasteiger partial charge is 0.159 e. The fraction of sp³-hybridized carbons (Fsp3) is 0.556. The number of anilines is 2. The summed E-state index contributed by atoms with van der Waals surface area (Å²) < 4.78 is 22.8. The lowest BCUT2D eigenvalue weighted by Crippen LogP contribution is -2.38. The van der Waals surface area contributed by atoms with Gasteiger partial charge < -0.3 is 10.7 Å². The van der Waals surface area contributed by atoms with Crippen molar-refractivity contribution in [3.63, 3.8) is 0 Å². The molecule has 7 nitrogen and oxygen atoms in total. The third-order valence-corrected chi connectivity index (χ3v) is 5.51. The molecule has 0 fully saturated rings. The topological polar surface area (TPSA) is 110 Å². The number of nitrogens with one attached hydrogen (secondary N) is 2. The Bertz CT molecular complexity index is 532. The van der Waals surface area contributed by atoms with Crippen LogP contribution in [-0.2, 0) is 9.84 Å². The van der Waals surface area contributed by atoms with Gasteiger partial charge in [0.25, 0.3) is 0 Å². The fourth-order valence-electron chi connectivity index (χ4n) is 1.02. The van der Waals surface area contributed by atoms with E-state index in [0.717, 1.165) is 0 Å². The average molecular weight is 338 g/mol. The maximum absolute atomic E-state index is 11.6. The molecule has 1 heterocycles. The van der Waals surface area contributed by atoms with Crippen molar-refractivity contribution in [2.45, 2.75) is 18.6 Å². The second-order valence-corrected chi connectivity index (χ2v) is 7.86. The molecule has 1 aromatic rings. The van der Waals surface area contributed by atoms with Crippen LogP contribution in [0.3, 0.4) is 0 Å². The summed E-state index contributed by atoms with van der Waals surface area (Å²) in [6.45, 7) is 3.52. The van der Waals surface area contributed by atoms with Gasteiger partial charge in [-0.25, -0.2) is 24.2 Å². The molecule has 9 heteroatoms. The highest BCUT2D eigenvalue weighted by atomic mass is 79.9. The van der Waals surface area contributed by atoms with Gasteiger partial charge >= 0.3 is 0 Å². The van der Waals surface area contributed by atoms with E-state index < -0.39 is 14.6 Å². The summed E-state index contributed by atoms with van der Waals surface area (Å²) in [7, 11) is -3.16. The molecule has 0 saturated heterocycles. The van der Waals surface area contributed by atoms with Crippen molar-refractivity contribution in [2.24, 2.45) is 5.84 Å². The zero-order chi connectivity index (χ0) is 14.0. The minimum atomic E-state index is -3.16. The summed E-state index contributed by atoms with van der Waals surface area (Å²) in [5, 5.41) is 2.96. The Morgan fingerprint density at radius 2 is 1.94 bits per heavy atom. The first kappa shape index (κ1) is 15.1. The lowest BCUT2D eigenvalue weighted by atomic mass is 10.2. The minimum absolute atomic E-state index is 0.228. The molecule has 0 bridgehead atoms. The molecule has 4 N–H and O–H groups in total. The van der Waals surface area contributed by atoms with Crippen LogP contribution in [-0.4, -0.2) is 35.9 Å². The third-order valence-electron chi connectivity index (χ3n) is 2.61. The minimum Gasteiger partial charge on any atom is -0.367 e. The first-order valence-electron chi connectivity index (χ1n) is 5.09. The number of sulfone groups is 1. The van der Waals surface area contributed by atoms with Crippen LogP contribution in [0, 0.1) is 0 Å². The molecule has 0 aliphatic carbocycles. The predicted molar refractivity (Wildman–Crippen MR) is 75.0 cm³/mol. The van der Waals surface area contributed by atoms with Crippen molar-refractivity contribution in [2.75, 3.05) is 23.5 Å². The highest BCUT2D eigenvalue weighted by molar-refractivity contribution is 9.10. The number of nitrogen functional groups attached to an aromatic ring is 1. The SMILES string of the molecule is CC(C)(CNc1ncnc(NN)c1Br)S(C)(=O)=O. The van der Waals surface area contributed by atoms with Gasteiger partial charge in [-0.2, -0.15) is 0 Å². The van der Waals surface area contributed by atoms with Gasteiger partial charge in [0.1, 0.15) is 16.6 Å². The number of aromatic nitrogens is 2. The molecule has 0 aliphatic heterocycles. The largest absolute Gasteiger partial charge is 0.367 e. The lowest BCUT2D eigenvalue weighted by Gasteiger charge is -2.23. The molecule has 0 saturated carbocycles. The average Bonchev–Trinajstić information content (AvgIpc) is 2.26. The monoisotopic (exact) mass is 337 g/mol. The molecule has 1 rings (SSSR count). The molecule has 0 aromatic carbocycles. The lowest BCUT2D eigenvalue weighted by molar-refractivity contribution is 0.559. The van der Waals surface area contributed by atoms with E-state index in [1.54, 1.807) is 13.8 Å². The van der Waals surface area contributed by atoms with Crippen molar-refractivity contribution in [1.29, 1.82) is 0 Å². The molecule has 1 aromatic heterocycles. The highest BCUT2D eigenvalue weighted by Crippen LogP contribution is 2.26. The van der Waals surface area contributed by atoms with Gasteiger partial charge in [-0.1, -0.05) is 0 Å². The molecule has 18 heavy (non-hydrogen) atoms. The van der Waals surface area contributed by atoms with Crippen molar-refractivity contribution in [3.05, 3.63) is 10.8 Å². The first-order valence-corrected chi connectivity index (χ1v) is 7.78. The summed E-state index contributed by atoms with van der Waals surface area (Å²) in [6, 6.07) is 0. The maximum atomic E-state index is 11.6. The Morgan fingerprint density at radius 3 is 2.44 bits per heavy atom. The molecule has 0 atom stereocenters. The van der Waals surface area contributed by atoms with Crippen LogP contribution in [0.15, 0.2) is 10.8 Å². The molecule has 0 aliphatic rings. The second kappa shape index (κ2) is 5.37. The van der Waals surface area contributed by atoms with E-state index in [0.29, 0.717) is 16.1 Å². The number of nitrogens with two attached hydrogens (primary N) is 1. The Hall–Kier alpha value is -0.930. The highest BCUT2D eigenvalue weighted by Gasteiger charge is 2.30. The van der Waals surface area contributed by atoms with Crippen LogP contribution in [0.4, 0.5) is 11.6 Å². The third kappa shape index (κ3) is 3.30. The number of hydrogen-bond acceptors (Lipinski definition) is 7. The van der Waals surface area contributed by atoms with Gasteiger partial charge in [0.05, 0.1) is 4.75 Å². The van der Waals surface area contributed by atoms with Crippen molar-refractivity contribution in [1.82, 2.24) is 9.97 Å². The Morgan fingerprint density at radius 1 is 1.39 bits per heavy atom. The Labute approximate surface area is 115 Å². The quantitative estimate of drug-likeness (QED) is 0.537. The summed E-state index contributed by atoms with van der Waals surface area (Å²) in [4.78, 5) is 7.91. The fourth-order valence-corrected chi connectivity index (χ4v) is 1.82. The molecular formula is C9H16BrN5O2S. The van der Waals surface area contributed by atoms with Gasteiger partial charge in [0.15, 0.2) is 15.7 Å². The van der Waals surface area contributed by atoms with Gasteiger partial charge in [-0.15, -0.1) is 0 Å². The van der Waals surface area contributed by atoms with E-state index in [9.17, 15) is 8.42 Å². The maximum Gasteiger partial charge on any atom is 0.159 e. The number of nitrogens with zero attached hydrogens (tertiary/aromatic N) is 2. The Balaban J connectivity index is 2.88. The normalized spacial score (nSPS) is 12.3. The van der Waals surface area contributed by atoms with Crippen LogP contribution in [0.2, 0.25) is 0 Å². The zero-order valence-corrected chi connectivity index (χ0v) is 12.8. The van der Waals surface area contributed by atoms with Gasteiger partial charge in [0.2, 0.25) is 0 Å². The van der Waals surface area contributed by atoms with Crippen LogP contribution < -0.4 is 16.6 Å². The van der Waals surface area contributed by atoms with Crippen molar-refractivity contribution >= 4 is 37.4 Å². The van der Waals surface area contributed by atoms with E-state index in [-0.39, 0.29) is 6.54 Å². The van der Waals surface area contributed by atoms with E-state index >= 15 is 0 Å².